The van der Waals surface area contributed by atoms with Crippen molar-refractivity contribution in [1.29, 1.82) is 0 Å². The minimum absolute atomic E-state index is 0.0258. The number of nitrogens with two attached hydrogens (primary N) is 1. The molecule has 106 valence electrons. The number of fused-ring (bicyclic) bond motifs is 1. The van der Waals surface area contributed by atoms with Gasteiger partial charge in [0.1, 0.15) is 0 Å². The lowest BCUT2D eigenvalue weighted by atomic mass is 10.0. The predicted octanol–water partition coefficient (Wildman–Crippen LogP) is 4.11. The Morgan fingerprint density at radius 3 is 2.71 bits per heavy atom. The van der Waals surface area contributed by atoms with E-state index in [9.17, 15) is 0 Å². The molecule has 0 bridgehead atoms. The Balaban J connectivity index is 1.98. The fourth-order valence-corrected chi connectivity index (χ4v) is 2.85. The number of anilines is 1. The maximum atomic E-state index is 5.98. The molecular formula is C17H16BrN3. The molecule has 0 saturated heterocycles. The Morgan fingerprint density at radius 1 is 1.10 bits per heavy atom. The van der Waals surface area contributed by atoms with Crippen molar-refractivity contribution in [3.8, 4) is 0 Å². The van der Waals surface area contributed by atoms with Gasteiger partial charge < -0.3 is 11.1 Å². The summed E-state index contributed by atoms with van der Waals surface area (Å²) in [5.74, 6) is 0. The van der Waals surface area contributed by atoms with Crippen molar-refractivity contribution in [2.75, 3.05) is 11.9 Å². The molecule has 0 fully saturated rings. The van der Waals surface area contributed by atoms with E-state index < -0.39 is 0 Å². The molecular weight excluding hydrogens is 326 g/mol. The first-order chi connectivity index (χ1) is 10.3. The first kappa shape index (κ1) is 14.0. The van der Waals surface area contributed by atoms with Crippen molar-refractivity contribution in [2.24, 2.45) is 5.73 Å². The summed E-state index contributed by atoms with van der Waals surface area (Å²) in [6, 6.07) is 18.3. The Bertz CT molecular complexity index is 752. The highest BCUT2D eigenvalue weighted by Gasteiger charge is 2.13. The van der Waals surface area contributed by atoms with Gasteiger partial charge >= 0.3 is 0 Å². The van der Waals surface area contributed by atoms with E-state index in [1.54, 1.807) is 0 Å². The maximum absolute atomic E-state index is 5.98. The zero-order valence-corrected chi connectivity index (χ0v) is 13.0. The first-order valence-corrected chi connectivity index (χ1v) is 7.63. The third kappa shape index (κ3) is 3.06. The van der Waals surface area contributed by atoms with Crippen molar-refractivity contribution in [3.05, 3.63) is 70.8 Å². The van der Waals surface area contributed by atoms with Gasteiger partial charge in [-0.15, -0.1) is 0 Å². The van der Waals surface area contributed by atoms with Crippen LogP contribution in [0.25, 0.3) is 10.9 Å². The molecule has 4 heteroatoms. The van der Waals surface area contributed by atoms with Crippen molar-refractivity contribution >= 4 is 32.5 Å². The molecule has 0 saturated carbocycles. The standard InChI is InChI=1S/C17H16BrN3/c18-13-6-2-7-14(10-13)21-16(11-19)15-8-1-4-12-5-3-9-20-17(12)15/h1-10,16,21H,11,19H2. The predicted molar refractivity (Wildman–Crippen MR) is 91.3 cm³/mol. The molecule has 1 aromatic heterocycles. The number of nitrogens with zero attached hydrogens (tertiary/aromatic N) is 1. The van der Waals surface area contributed by atoms with Gasteiger partial charge in [0.05, 0.1) is 11.6 Å². The minimum Gasteiger partial charge on any atom is -0.377 e. The zero-order valence-electron chi connectivity index (χ0n) is 11.5. The lowest BCUT2D eigenvalue weighted by molar-refractivity contribution is 0.794. The summed E-state index contributed by atoms with van der Waals surface area (Å²) >= 11 is 3.49. The van der Waals surface area contributed by atoms with Gasteiger partial charge in [-0.1, -0.05) is 46.3 Å². The van der Waals surface area contributed by atoms with Gasteiger partial charge in [0.25, 0.3) is 0 Å². The molecule has 1 heterocycles. The van der Waals surface area contributed by atoms with Crippen LogP contribution in [0.1, 0.15) is 11.6 Å². The van der Waals surface area contributed by atoms with E-state index >= 15 is 0 Å². The second kappa shape index (κ2) is 6.24. The van der Waals surface area contributed by atoms with E-state index in [0.29, 0.717) is 6.54 Å². The van der Waals surface area contributed by atoms with Crippen molar-refractivity contribution in [2.45, 2.75) is 6.04 Å². The fourth-order valence-electron chi connectivity index (χ4n) is 2.45. The van der Waals surface area contributed by atoms with Crippen LogP contribution in [-0.2, 0) is 0 Å². The van der Waals surface area contributed by atoms with Crippen LogP contribution in [0.5, 0.6) is 0 Å². The molecule has 1 unspecified atom stereocenters. The monoisotopic (exact) mass is 341 g/mol. The molecule has 0 radical (unpaired) electrons. The van der Waals surface area contributed by atoms with Gasteiger partial charge in [-0.2, -0.15) is 0 Å². The molecule has 3 rings (SSSR count). The van der Waals surface area contributed by atoms with E-state index in [0.717, 1.165) is 26.6 Å². The number of aromatic nitrogens is 1. The van der Waals surface area contributed by atoms with Crippen LogP contribution in [0, 0.1) is 0 Å². The summed E-state index contributed by atoms with van der Waals surface area (Å²) in [5.41, 5.74) is 9.13. The number of rotatable bonds is 4. The Kier molecular flexibility index (Phi) is 4.18. The number of halogens is 1. The van der Waals surface area contributed by atoms with E-state index in [2.05, 4.69) is 44.4 Å². The highest BCUT2D eigenvalue weighted by atomic mass is 79.9. The van der Waals surface area contributed by atoms with E-state index in [-0.39, 0.29) is 6.04 Å². The van der Waals surface area contributed by atoms with Crippen LogP contribution in [0.2, 0.25) is 0 Å². The molecule has 1 atom stereocenters. The number of hydrogen-bond acceptors (Lipinski definition) is 3. The van der Waals surface area contributed by atoms with Crippen molar-refractivity contribution in [3.63, 3.8) is 0 Å². The Hall–Kier alpha value is -1.91. The maximum Gasteiger partial charge on any atom is 0.0755 e. The summed E-state index contributed by atoms with van der Waals surface area (Å²) in [6.07, 6.45) is 1.82. The third-order valence-corrected chi connectivity index (χ3v) is 3.93. The van der Waals surface area contributed by atoms with Crippen LogP contribution in [0.15, 0.2) is 65.3 Å². The molecule has 21 heavy (non-hydrogen) atoms. The van der Waals surface area contributed by atoms with Crippen LogP contribution >= 0.6 is 15.9 Å². The third-order valence-electron chi connectivity index (χ3n) is 3.44. The second-order valence-electron chi connectivity index (χ2n) is 4.87. The normalized spacial score (nSPS) is 12.3. The molecule has 2 aromatic carbocycles. The quantitative estimate of drug-likeness (QED) is 0.750. The fraction of sp³-hybridized carbons (Fsp3) is 0.118. The molecule has 3 N–H and O–H groups in total. The highest BCUT2D eigenvalue weighted by molar-refractivity contribution is 9.10. The SMILES string of the molecule is NCC(Nc1cccc(Br)c1)c1cccc2cccnc12. The molecule has 0 aliphatic heterocycles. The Labute approximate surface area is 132 Å². The van der Waals surface area contributed by atoms with Crippen molar-refractivity contribution < 1.29 is 0 Å². The average molecular weight is 342 g/mol. The number of hydrogen-bond donors (Lipinski definition) is 2. The van der Waals surface area contributed by atoms with Gasteiger partial charge in [-0.05, 0) is 24.3 Å². The largest absolute Gasteiger partial charge is 0.377 e. The summed E-state index contributed by atoms with van der Waals surface area (Å²) in [7, 11) is 0. The summed E-state index contributed by atoms with van der Waals surface area (Å²) in [5, 5.41) is 4.61. The summed E-state index contributed by atoms with van der Waals surface area (Å²) < 4.78 is 1.04. The van der Waals surface area contributed by atoms with E-state index in [1.165, 1.54) is 0 Å². The van der Waals surface area contributed by atoms with Crippen LogP contribution in [0.4, 0.5) is 5.69 Å². The van der Waals surface area contributed by atoms with Crippen LogP contribution in [0.3, 0.4) is 0 Å². The molecule has 3 aromatic rings. The number of pyridine rings is 1. The first-order valence-electron chi connectivity index (χ1n) is 6.84. The highest BCUT2D eigenvalue weighted by Crippen LogP contribution is 2.26. The molecule has 0 amide bonds. The van der Waals surface area contributed by atoms with Gasteiger partial charge in [-0.3, -0.25) is 4.98 Å². The molecule has 3 nitrogen and oxygen atoms in total. The second-order valence-corrected chi connectivity index (χ2v) is 5.78. The summed E-state index contributed by atoms with van der Waals surface area (Å²) in [4.78, 5) is 4.50. The number of para-hydroxylation sites is 1. The molecule has 0 aliphatic rings. The van der Waals surface area contributed by atoms with E-state index in [4.69, 9.17) is 5.73 Å². The topological polar surface area (TPSA) is 50.9 Å². The lowest BCUT2D eigenvalue weighted by Crippen LogP contribution is -2.21. The molecule has 0 aliphatic carbocycles. The lowest BCUT2D eigenvalue weighted by Gasteiger charge is -2.20. The minimum atomic E-state index is 0.0258. The van der Waals surface area contributed by atoms with Gasteiger partial charge in [-0.25, -0.2) is 0 Å². The van der Waals surface area contributed by atoms with Gasteiger partial charge in [0.15, 0.2) is 0 Å². The van der Waals surface area contributed by atoms with Crippen molar-refractivity contribution in [1.82, 2.24) is 4.98 Å². The van der Waals surface area contributed by atoms with Crippen LogP contribution in [-0.4, -0.2) is 11.5 Å². The van der Waals surface area contributed by atoms with E-state index in [1.807, 2.05) is 42.6 Å². The Morgan fingerprint density at radius 2 is 1.90 bits per heavy atom. The average Bonchev–Trinajstić information content (AvgIpc) is 2.52. The van der Waals surface area contributed by atoms with Gasteiger partial charge in [0.2, 0.25) is 0 Å². The smallest absolute Gasteiger partial charge is 0.0755 e. The summed E-state index contributed by atoms with van der Waals surface area (Å²) in [6.45, 7) is 0.502. The van der Waals surface area contributed by atoms with Gasteiger partial charge in [0, 0.05) is 33.9 Å². The molecule has 0 spiro atoms. The number of nitrogens with one attached hydrogen (secondary N) is 1. The zero-order chi connectivity index (χ0) is 14.7. The number of benzene rings is 2. The van der Waals surface area contributed by atoms with Crippen LogP contribution < -0.4 is 11.1 Å².